The van der Waals surface area contributed by atoms with Crippen LogP contribution in [0, 0.1) is 6.92 Å². The molecule has 0 aliphatic rings. The van der Waals surface area contributed by atoms with Gasteiger partial charge < -0.3 is 4.74 Å². The number of benzene rings is 1. The summed E-state index contributed by atoms with van der Waals surface area (Å²) in [5, 5.41) is 4.28. The number of hydrogen-bond donors (Lipinski definition) is 0. The van der Waals surface area contributed by atoms with Crippen molar-refractivity contribution in [1.29, 1.82) is 0 Å². The van der Waals surface area contributed by atoms with E-state index in [2.05, 4.69) is 48.2 Å². The molecule has 0 fully saturated rings. The molecule has 1 heterocycles. The van der Waals surface area contributed by atoms with Crippen molar-refractivity contribution in [3.8, 4) is 0 Å². The van der Waals surface area contributed by atoms with Crippen LogP contribution in [0.15, 0.2) is 30.6 Å². The Labute approximate surface area is 108 Å². The summed E-state index contributed by atoms with van der Waals surface area (Å²) in [7, 11) is 1.71. The van der Waals surface area contributed by atoms with Gasteiger partial charge in [0.1, 0.15) is 12.4 Å². The molecule has 0 aliphatic carbocycles. The second-order valence-corrected chi connectivity index (χ2v) is 4.39. The number of nitrogens with zero attached hydrogens (tertiary/aromatic N) is 3. The minimum absolute atomic E-state index is 0.0120. The fourth-order valence-corrected chi connectivity index (χ4v) is 1.97. The van der Waals surface area contributed by atoms with Crippen LogP contribution in [0.3, 0.4) is 0 Å². The van der Waals surface area contributed by atoms with Crippen LogP contribution in [0.1, 0.15) is 36.4 Å². The molecule has 2 aromatic rings. The first-order valence-electron chi connectivity index (χ1n) is 6.20. The molecule has 2 rings (SSSR count). The van der Waals surface area contributed by atoms with E-state index in [1.165, 1.54) is 11.1 Å². The van der Waals surface area contributed by atoms with Crippen molar-refractivity contribution in [3.63, 3.8) is 0 Å². The van der Waals surface area contributed by atoms with Gasteiger partial charge in [-0.05, 0) is 18.9 Å². The number of aromatic nitrogens is 3. The largest absolute Gasteiger partial charge is 0.373 e. The van der Waals surface area contributed by atoms with E-state index in [1.54, 1.807) is 13.4 Å². The highest BCUT2D eigenvalue weighted by atomic mass is 16.5. The molecule has 0 saturated heterocycles. The number of ether oxygens (including phenoxy) is 1. The highest BCUT2D eigenvalue weighted by Gasteiger charge is 2.15. The Morgan fingerprint density at radius 3 is 2.61 bits per heavy atom. The number of aryl methyl sites for hydroxylation is 1. The number of hydrogen-bond acceptors (Lipinski definition) is 3. The second kappa shape index (κ2) is 5.78. The summed E-state index contributed by atoms with van der Waals surface area (Å²) in [4.78, 5) is 4.30. The summed E-state index contributed by atoms with van der Waals surface area (Å²) in [5.41, 5.74) is 2.49. The summed E-state index contributed by atoms with van der Waals surface area (Å²) in [6, 6.07) is 8.46. The average molecular weight is 245 g/mol. The fourth-order valence-electron chi connectivity index (χ4n) is 1.97. The number of rotatable bonds is 5. The lowest BCUT2D eigenvalue weighted by Crippen LogP contribution is -2.12. The van der Waals surface area contributed by atoms with Crippen molar-refractivity contribution in [2.45, 2.75) is 32.9 Å². The quantitative estimate of drug-likeness (QED) is 0.813. The molecule has 0 spiro atoms. The lowest BCUT2D eigenvalue weighted by Gasteiger charge is -2.13. The van der Waals surface area contributed by atoms with Gasteiger partial charge in [0.25, 0.3) is 0 Å². The molecule has 0 radical (unpaired) electrons. The van der Waals surface area contributed by atoms with Gasteiger partial charge in [0.05, 0.1) is 6.54 Å². The van der Waals surface area contributed by atoms with Gasteiger partial charge in [-0.2, -0.15) is 5.10 Å². The Kier molecular flexibility index (Phi) is 4.10. The van der Waals surface area contributed by atoms with Crippen molar-refractivity contribution in [2.24, 2.45) is 0 Å². The van der Waals surface area contributed by atoms with Gasteiger partial charge in [0.2, 0.25) is 0 Å². The Bertz CT molecular complexity index is 486. The molecule has 1 atom stereocenters. The van der Waals surface area contributed by atoms with Crippen molar-refractivity contribution >= 4 is 0 Å². The molecule has 0 amide bonds. The Morgan fingerprint density at radius 2 is 2.00 bits per heavy atom. The van der Waals surface area contributed by atoms with E-state index in [9.17, 15) is 0 Å². The van der Waals surface area contributed by atoms with Gasteiger partial charge in [-0.15, -0.1) is 0 Å². The van der Waals surface area contributed by atoms with Crippen LogP contribution >= 0.6 is 0 Å². The fraction of sp³-hybridized carbons (Fsp3) is 0.429. The first-order valence-corrected chi connectivity index (χ1v) is 6.20. The van der Waals surface area contributed by atoms with Gasteiger partial charge in [-0.3, -0.25) is 0 Å². The monoisotopic (exact) mass is 245 g/mol. The first-order chi connectivity index (χ1) is 8.74. The van der Waals surface area contributed by atoms with E-state index in [0.29, 0.717) is 0 Å². The first kappa shape index (κ1) is 12.8. The molecule has 0 aliphatic heterocycles. The second-order valence-electron chi connectivity index (χ2n) is 4.39. The molecule has 0 N–H and O–H groups in total. The Morgan fingerprint density at radius 1 is 1.28 bits per heavy atom. The molecule has 4 heteroatoms. The third-order valence-corrected chi connectivity index (χ3v) is 3.04. The van der Waals surface area contributed by atoms with Crippen LogP contribution < -0.4 is 0 Å². The van der Waals surface area contributed by atoms with Crippen LogP contribution in [-0.2, 0) is 11.3 Å². The highest BCUT2D eigenvalue weighted by molar-refractivity contribution is 5.21. The predicted molar refractivity (Wildman–Crippen MR) is 70.3 cm³/mol. The molecule has 1 aromatic carbocycles. The van der Waals surface area contributed by atoms with E-state index >= 15 is 0 Å². The molecule has 96 valence electrons. The van der Waals surface area contributed by atoms with E-state index in [4.69, 9.17) is 4.74 Å². The molecule has 4 nitrogen and oxygen atoms in total. The third-order valence-electron chi connectivity index (χ3n) is 3.04. The molecular weight excluding hydrogens is 226 g/mol. The molecule has 1 aromatic heterocycles. The van der Waals surface area contributed by atoms with E-state index in [-0.39, 0.29) is 6.10 Å². The topological polar surface area (TPSA) is 39.9 Å². The van der Waals surface area contributed by atoms with E-state index in [1.807, 2.05) is 4.68 Å². The van der Waals surface area contributed by atoms with Crippen LogP contribution in [-0.4, -0.2) is 21.9 Å². The molecular formula is C14H19N3O. The zero-order valence-corrected chi connectivity index (χ0v) is 11.1. The van der Waals surface area contributed by atoms with Crippen molar-refractivity contribution in [3.05, 3.63) is 47.5 Å². The van der Waals surface area contributed by atoms with Crippen molar-refractivity contribution < 1.29 is 4.74 Å². The van der Waals surface area contributed by atoms with Gasteiger partial charge in [0, 0.05) is 7.11 Å². The summed E-state index contributed by atoms with van der Waals surface area (Å²) >= 11 is 0. The Hall–Kier alpha value is -1.68. The van der Waals surface area contributed by atoms with E-state index < -0.39 is 0 Å². The predicted octanol–water partition coefficient (Wildman–Crippen LogP) is 2.73. The van der Waals surface area contributed by atoms with Crippen LogP contribution in [0.25, 0.3) is 0 Å². The maximum Gasteiger partial charge on any atom is 0.156 e. The van der Waals surface area contributed by atoms with Gasteiger partial charge in [-0.25, -0.2) is 9.67 Å². The Balaban J connectivity index is 2.19. The summed E-state index contributed by atoms with van der Waals surface area (Å²) in [6.07, 6.45) is 2.49. The number of methoxy groups -OCH3 is 1. The van der Waals surface area contributed by atoms with Gasteiger partial charge >= 0.3 is 0 Å². The van der Waals surface area contributed by atoms with Gasteiger partial charge in [0.15, 0.2) is 5.82 Å². The maximum absolute atomic E-state index is 5.42. The van der Waals surface area contributed by atoms with Crippen molar-refractivity contribution in [1.82, 2.24) is 14.8 Å². The summed E-state index contributed by atoms with van der Waals surface area (Å²) in [5.74, 6) is 0.889. The molecule has 18 heavy (non-hydrogen) atoms. The molecule has 0 bridgehead atoms. The van der Waals surface area contributed by atoms with Gasteiger partial charge in [-0.1, -0.05) is 36.8 Å². The zero-order valence-electron chi connectivity index (χ0n) is 11.1. The smallest absolute Gasteiger partial charge is 0.156 e. The minimum atomic E-state index is 0.0120. The lowest BCUT2D eigenvalue weighted by atomic mass is 10.1. The molecule has 1 unspecified atom stereocenters. The normalized spacial score (nSPS) is 12.6. The minimum Gasteiger partial charge on any atom is -0.373 e. The van der Waals surface area contributed by atoms with Crippen molar-refractivity contribution in [2.75, 3.05) is 7.11 Å². The van der Waals surface area contributed by atoms with E-state index in [0.717, 1.165) is 18.8 Å². The molecule has 0 saturated carbocycles. The van der Waals surface area contributed by atoms with Crippen LogP contribution in [0.5, 0.6) is 0 Å². The maximum atomic E-state index is 5.42. The van der Waals surface area contributed by atoms with Crippen LogP contribution in [0.4, 0.5) is 0 Å². The SMILES string of the molecule is CCC(OC)c1ncnn1Cc1ccc(C)cc1. The summed E-state index contributed by atoms with van der Waals surface area (Å²) < 4.78 is 7.32. The van der Waals surface area contributed by atoms with Crippen LogP contribution in [0.2, 0.25) is 0 Å². The third kappa shape index (κ3) is 2.76. The zero-order chi connectivity index (χ0) is 13.0. The average Bonchev–Trinajstić information content (AvgIpc) is 2.82. The summed E-state index contributed by atoms with van der Waals surface area (Å²) in [6.45, 7) is 4.90. The lowest BCUT2D eigenvalue weighted by molar-refractivity contribution is 0.0888. The highest BCUT2D eigenvalue weighted by Crippen LogP contribution is 2.18. The standard InChI is InChI=1S/C14H19N3O/c1-4-13(18-3)14-15-10-16-17(14)9-12-7-5-11(2)6-8-12/h5-8,10,13H,4,9H2,1-3H3.